The Morgan fingerprint density at radius 2 is 1.68 bits per heavy atom. The fraction of sp³-hybridized carbons (Fsp3) is 0.818. The van der Waals surface area contributed by atoms with Gasteiger partial charge in [-0.2, -0.15) is 0 Å². The van der Waals surface area contributed by atoms with Crippen molar-refractivity contribution in [3.05, 3.63) is 0 Å². The zero-order valence-corrected chi connectivity index (χ0v) is 13.7. The predicted molar refractivity (Wildman–Crippen MR) is 74.4 cm³/mol. The van der Waals surface area contributed by atoms with Crippen LogP contribution < -0.4 is 0 Å². The smallest absolute Gasteiger partial charge is 0.472 e. The van der Waals surface area contributed by atoms with Crippen molar-refractivity contribution < 1.29 is 48.2 Å². The van der Waals surface area contributed by atoms with E-state index in [0.29, 0.717) is 6.10 Å². The predicted octanol–water partition coefficient (Wildman–Crippen LogP) is 0.470. The molecule has 0 amide bonds. The van der Waals surface area contributed by atoms with E-state index in [9.17, 15) is 14.2 Å². The molecule has 1 aliphatic heterocycles. The fourth-order valence-electron chi connectivity index (χ4n) is 0.535. The molecule has 0 aromatic heterocycles. The number of phosphoric acid groups is 1. The van der Waals surface area contributed by atoms with Crippen LogP contribution in [0.1, 0.15) is 27.7 Å². The van der Waals surface area contributed by atoms with Crippen LogP contribution in [0.4, 0.5) is 0 Å². The minimum atomic E-state index is -4.18. The molecule has 1 fully saturated rings. The van der Waals surface area contributed by atoms with Gasteiger partial charge in [-0.05, 0) is 27.7 Å². The summed E-state index contributed by atoms with van der Waals surface area (Å²) in [7, 11) is -4.18. The van der Waals surface area contributed by atoms with Crippen LogP contribution in [0.15, 0.2) is 0 Å². The van der Waals surface area contributed by atoms with E-state index in [4.69, 9.17) is 24.9 Å². The molecule has 1 rings (SSSR count). The lowest BCUT2D eigenvalue weighted by atomic mass is 10.4. The number of ether oxygens (including phenoxy) is 1. The Balaban J connectivity index is 0. The second-order valence-corrected chi connectivity index (χ2v) is 5.54. The Morgan fingerprint density at radius 3 is 1.86 bits per heavy atom. The van der Waals surface area contributed by atoms with Gasteiger partial charge in [-0.15, -0.1) is 0 Å². The third kappa shape index (κ3) is 17.0. The minimum Gasteiger partial charge on any atom is -0.479 e. The molecule has 4 N–H and O–H groups in total. The summed E-state index contributed by atoms with van der Waals surface area (Å²) in [6, 6.07) is 0. The second-order valence-electron chi connectivity index (χ2n) is 4.13. The molecule has 0 aromatic rings. The van der Waals surface area contributed by atoms with Crippen molar-refractivity contribution in [1.29, 1.82) is 0 Å². The van der Waals surface area contributed by atoms with E-state index < -0.39 is 32.0 Å². The number of aliphatic carboxylic acids is 2. The Kier molecular flexibility index (Phi) is 12.2. The van der Waals surface area contributed by atoms with Crippen molar-refractivity contribution in [2.24, 2.45) is 0 Å². The first kappa shape index (κ1) is 23.2. The summed E-state index contributed by atoms with van der Waals surface area (Å²) in [5.74, 6) is -2.50. The quantitative estimate of drug-likeness (QED) is 0.392. The zero-order valence-electron chi connectivity index (χ0n) is 12.8. The SMILES string of the molecule is CC(O)C(=O)O.CC1CO1.CCOP(=O)(O)OC(C)C(=O)O. The van der Waals surface area contributed by atoms with Crippen LogP contribution in [-0.4, -0.2) is 63.7 Å². The molecule has 1 heterocycles. The molecule has 0 bridgehead atoms. The molecular weight excluding hydrogens is 323 g/mol. The van der Waals surface area contributed by atoms with Gasteiger partial charge in [-0.3, -0.25) is 9.05 Å². The normalized spacial score (nSPS) is 20.9. The number of carbonyl (C=O) groups is 2. The van der Waals surface area contributed by atoms with Gasteiger partial charge < -0.3 is 24.9 Å². The van der Waals surface area contributed by atoms with Crippen LogP contribution in [0, 0.1) is 0 Å². The first-order chi connectivity index (χ1) is 9.92. The van der Waals surface area contributed by atoms with E-state index >= 15 is 0 Å². The maximum absolute atomic E-state index is 10.8. The maximum atomic E-state index is 10.8. The number of carboxylic acid groups (broad SMARTS) is 2. The summed E-state index contributed by atoms with van der Waals surface area (Å²) in [6.07, 6.45) is -2.00. The number of aliphatic hydroxyl groups is 1. The van der Waals surface area contributed by atoms with Gasteiger partial charge in [-0.1, -0.05) is 0 Å². The van der Waals surface area contributed by atoms with Crippen molar-refractivity contribution in [1.82, 2.24) is 0 Å². The highest BCUT2D eigenvalue weighted by Gasteiger charge is 2.27. The molecule has 1 saturated heterocycles. The van der Waals surface area contributed by atoms with Crippen molar-refractivity contribution in [3.8, 4) is 0 Å². The lowest BCUT2D eigenvalue weighted by Crippen LogP contribution is -2.18. The van der Waals surface area contributed by atoms with Crippen LogP contribution in [-0.2, 0) is 27.9 Å². The molecule has 132 valence electrons. The number of rotatable bonds is 6. The van der Waals surface area contributed by atoms with E-state index in [2.05, 4.69) is 16.0 Å². The fourth-order valence-corrected chi connectivity index (χ4v) is 1.41. The monoisotopic (exact) mass is 346 g/mol. The topological polar surface area (TPSA) is 163 Å². The molecule has 4 atom stereocenters. The third-order valence-corrected chi connectivity index (χ3v) is 2.96. The van der Waals surface area contributed by atoms with Crippen molar-refractivity contribution in [2.75, 3.05) is 13.2 Å². The van der Waals surface area contributed by atoms with Crippen LogP contribution in [0.2, 0.25) is 0 Å². The van der Waals surface area contributed by atoms with Crippen molar-refractivity contribution in [3.63, 3.8) is 0 Å². The second kappa shape index (κ2) is 11.5. The first-order valence-electron chi connectivity index (χ1n) is 6.33. The summed E-state index contributed by atoms with van der Waals surface area (Å²) in [5, 5.41) is 24.1. The lowest BCUT2D eigenvalue weighted by Gasteiger charge is -2.13. The molecule has 0 spiro atoms. The highest BCUT2D eigenvalue weighted by molar-refractivity contribution is 7.47. The molecule has 11 heteroatoms. The van der Waals surface area contributed by atoms with E-state index in [1.54, 1.807) is 0 Å². The summed E-state index contributed by atoms with van der Waals surface area (Å²) in [5.41, 5.74) is 0. The van der Waals surface area contributed by atoms with Gasteiger partial charge in [0.15, 0.2) is 6.10 Å². The van der Waals surface area contributed by atoms with E-state index in [0.717, 1.165) is 13.5 Å². The minimum absolute atomic E-state index is 0.0138. The van der Waals surface area contributed by atoms with E-state index in [1.807, 2.05) is 0 Å². The number of carboxylic acids is 2. The molecule has 22 heavy (non-hydrogen) atoms. The summed E-state index contributed by atoms with van der Waals surface area (Å²) in [6.45, 7) is 6.87. The van der Waals surface area contributed by atoms with Crippen LogP contribution in [0.3, 0.4) is 0 Å². The highest BCUT2D eigenvalue weighted by atomic mass is 31.2. The molecule has 10 nitrogen and oxygen atoms in total. The third-order valence-electron chi connectivity index (χ3n) is 1.79. The van der Waals surface area contributed by atoms with Crippen LogP contribution >= 0.6 is 7.82 Å². The van der Waals surface area contributed by atoms with Gasteiger partial charge in [0.25, 0.3) is 0 Å². The van der Waals surface area contributed by atoms with Gasteiger partial charge >= 0.3 is 19.8 Å². The molecule has 1 aliphatic rings. The van der Waals surface area contributed by atoms with E-state index in [1.165, 1.54) is 13.8 Å². The van der Waals surface area contributed by atoms with Gasteiger partial charge in [0.1, 0.15) is 6.10 Å². The van der Waals surface area contributed by atoms with Gasteiger partial charge in [0, 0.05) is 0 Å². The number of epoxide rings is 1. The lowest BCUT2D eigenvalue weighted by molar-refractivity contribution is -0.146. The molecule has 0 radical (unpaired) electrons. The Bertz CT molecular complexity index is 379. The Hall–Kier alpha value is -1.03. The largest absolute Gasteiger partial charge is 0.479 e. The number of aliphatic hydroxyl groups excluding tert-OH is 1. The van der Waals surface area contributed by atoms with Crippen LogP contribution in [0.5, 0.6) is 0 Å². The van der Waals surface area contributed by atoms with Crippen LogP contribution in [0.25, 0.3) is 0 Å². The average Bonchev–Trinajstić information content (AvgIpc) is 3.12. The maximum Gasteiger partial charge on any atom is 0.472 e. The molecule has 4 unspecified atom stereocenters. The number of hydrogen-bond donors (Lipinski definition) is 4. The summed E-state index contributed by atoms with van der Waals surface area (Å²) >= 11 is 0. The summed E-state index contributed by atoms with van der Waals surface area (Å²) < 4.78 is 24.0. The molecule has 0 saturated carbocycles. The van der Waals surface area contributed by atoms with Gasteiger partial charge in [0.2, 0.25) is 0 Å². The molecular formula is C11H23O10P. The van der Waals surface area contributed by atoms with Crippen molar-refractivity contribution in [2.45, 2.75) is 46.0 Å². The standard InChI is InChI=1S/C5H11O6P.C3H6O3.C3H6O/c1-3-10-12(8,9)11-4(2)5(6)7;1-2(4)3(5)6;1-3-2-4-3/h4H,3H2,1-2H3,(H,6,7)(H,8,9);2,4H,1H3,(H,5,6);3H,2H2,1H3. The first-order valence-corrected chi connectivity index (χ1v) is 7.83. The molecule has 0 aliphatic carbocycles. The van der Waals surface area contributed by atoms with E-state index in [-0.39, 0.29) is 6.61 Å². The molecule has 0 aromatic carbocycles. The highest BCUT2D eigenvalue weighted by Crippen LogP contribution is 2.44. The number of hydrogen-bond acceptors (Lipinski definition) is 7. The average molecular weight is 346 g/mol. The summed E-state index contributed by atoms with van der Waals surface area (Å²) in [4.78, 5) is 28.4. The van der Waals surface area contributed by atoms with Gasteiger partial charge in [0.05, 0.1) is 19.3 Å². The van der Waals surface area contributed by atoms with Crippen molar-refractivity contribution >= 4 is 19.8 Å². The Labute approximate surface area is 128 Å². The number of phosphoric ester groups is 1. The van der Waals surface area contributed by atoms with Gasteiger partial charge in [-0.25, -0.2) is 14.2 Å². The Morgan fingerprint density at radius 1 is 1.32 bits per heavy atom. The zero-order chi connectivity index (χ0) is 17.9.